The van der Waals surface area contributed by atoms with Crippen LogP contribution in [0.15, 0.2) is 54.2 Å². The summed E-state index contributed by atoms with van der Waals surface area (Å²) in [4.78, 5) is 49.2. The molecule has 30 heavy (non-hydrogen) atoms. The van der Waals surface area contributed by atoms with E-state index in [9.17, 15) is 24.3 Å². The molecule has 0 saturated carbocycles. The van der Waals surface area contributed by atoms with Crippen LogP contribution in [0.1, 0.15) is 22.8 Å². The van der Waals surface area contributed by atoms with Crippen molar-refractivity contribution < 1.29 is 29.0 Å². The molecular weight excluding hydrogens is 390 g/mol. The summed E-state index contributed by atoms with van der Waals surface area (Å²) in [5.74, 6) is -1.69. The van der Waals surface area contributed by atoms with E-state index in [1.807, 2.05) is 0 Å². The zero-order valence-corrected chi connectivity index (χ0v) is 16.0. The number of nitrogens with zero attached hydrogens (tertiary/aromatic N) is 1. The smallest absolute Gasteiger partial charge is 0.338 e. The molecule has 2 aromatic rings. The largest absolute Gasteiger partial charge is 0.508 e. The van der Waals surface area contributed by atoms with Gasteiger partial charge < -0.3 is 20.5 Å². The number of ether oxygens (including phenoxy) is 1. The number of rotatable bonds is 6. The third-order valence-electron chi connectivity index (χ3n) is 4.13. The van der Waals surface area contributed by atoms with Gasteiger partial charge in [0.1, 0.15) is 18.0 Å². The first kappa shape index (κ1) is 20.6. The van der Waals surface area contributed by atoms with Crippen molar-refractivity contribution in [2.75, 3.05) is 18.5 Å². The van der Waals surface area contributed by atoms with E-state index in [2.05, 4.69) is 10.6 Å². The minimum Gasteiger partial charge on any atom is -0.508 e. The summed E-state index contributed by atoms with van der Waals surface area (Å²) in [6.07, 6.45) is 1.41. The Morgan fingerprint density at radius 2 is 1.90 bits per heavy atom. The van der Waals surface area contributed by atoms with Gasteiger partial charge in [0.2, 0.25) is 5.91 Å². The number of phenolic OH excluding ortho intramolecular Hbond substituents is 1. The average molecular weight is 409 g/mol. The van der Waals surface area contributed by atoms with Crippen molar-refractivity contribution in [3.63, 3.8) is 0 Å². The number of nitrogens with one attached hydrogen (secondary N) is 2. The predicted octanol–water partition coefficient (Wildman–Crippen LogP) is 2.10. The molecule has 0 bridgehead atoms. The normalized spacial score (nSPS) is 14.6. The molecule has 3 N–H and O–H groups in total. The van der Waals surface area contributed by atoms with Crippen molar-refractivity contribution in [1.29, 1.82) is 0 Å². The Kier molecular flexibility index (Phi) is 6.11. The molecule has 0 unspecified atom stereocenters. The van der Waals surface area contributed by atoms with E-state index in [0.717, 1.165) is 4.90 Å². The van der Waals surface area contributed by atoms with Gasteiger partial charge in [-0.2, -0.15) is 0 Å². The molecule has 0 spiro atoms. The molecule has 4 amide bonds. The van der Waals surface area contributed by atoms with Crippen molar-refractivity contribution >= 4 is 35.6 Å². The lowest BCUT2D eigenvalue weighted by molar-refractivity contribution is -0.127. The molecule has 9 heteroatoms. The van der Waals surface area contributed by atoms with Crippen LogP contribution < -0.4 is 10.6 Å². The van der Waals surface area contributed by atoms with Gasteiger partial charge in [-0.05, 0) is 55.0 Å². The number of carbonyl (C=O) groups excluding carboxylic acids is 4. The van der Waals surface area contributed by atoms with Crippen molar-refractivity contribution in [3.05, 3.63) is 65.4 Å². The number of hydrogen-bond acceptors (Lipinski definition) is 6. The van der Waals surface area contributed by atoms with Crippen molar-refractivity contribution in [2.45, 2.75) is 6.92 Å². The van der Waals surface area contributed by atoms with E-state index in [4.69, 9.17) is 4.74 Å². The van der Waals surface area contributed by atoms with Crippen molar-refractivity contribution in [2.24, 2.45) is 0 Å². The lowest BCUT2D eigenvalue weighted by Gasteiger charge is -2.12. The fourth-order valence-electron chi connectivity index (χ4n) is 2.74. The van der Waals surface area contributed by atoms with Crippen LogP contribution >= 0.6 is 0 Å². The predicted molar refractivity (Wildman–Crippen MR) is 107 cm³/mol. The van der Waals surface area contributed by atoms with E-state index < -0.39 is 30.4 Å². The lowest BCUT2D eigenvalue weighted by Crippen LogP contribution is -2.38. The van der Waals surface area contributed by atoms with E-state index >= 15 is 0 Å². The number of esters is 1. The maximum absolute atomic E-state index is 12.5. The maximum Gasteiger partial charge on any atom is 0.338 e. The Bertz CT molecular complexity index is 1030. The molecule has 0 radical (unpaired) electrons. The zero-order valence-electron chi connectivity index (χ0n) is 16.0. The Hall–Kier alpha value is -4.14. The topological polar surface area (TPSA) is 125 Å². The number of hydrogen-bond donors (Lipinski definition) is 3. The Morgan fingerprint density at radius 3 is 2.57 bits per heavy atom. The highest BCUT2D eigenvalue weighted by molar-refractivity contribution is 6.16. The number of carbonyl (C=O) groups is 4. The Morgan fingerprint density at radius 1 is 1.17 bits per heavy atom. The van der Waals surface area contributed by atoms with Crippen LogP contribution in [0.2, 0.25) is 0 Å². The second-order valence-corrected chi connectivity index (χ2v) is 6.32. The van der Waals surface area contributed by atoms with Gasteiger partial charge in [-0.25, -0.2) is 14.5 Å². The third-order valence-corrected chi connectivity index (χ3v) is 4.13. The van der Waals surface area contributed by atoms with E-state index in [1.165, 1.54) is 42.5 Å². The highest BCUT2D eigenvalue weighted by Crippen LogP contribution is 2.17. The summed E-state index contributed by atoms with van der Waals surface area (Å²) >= 11 is 0. The minimum atomic E-state index is -0.723. The standard InChI is InChI=1S/C21H19N3O6/c1-2-30-20(28)14-6-8-15(9-7-14)22-18(26)12-24-19(27)17(23-21(24)29)11-13-4-3-5-16(25)10-13/h3-11,25H,2,12H2,1H3,(H,22,26)(H,23,29)/b17-11-. The molecule has 0 atom stereocenters. The van der Waals surface area contributed by atoms with E-state index in [0.29, 0.717) is 16.8 Å². The number of phenols is 1. The molecule has 1 heterocycles. The van der Waals surface area contributed by atoms with Crippen molar-refractivity contribution in [3.8, 4) is 5.75 Å². The minimum absolute atomic E-state index is 0.00260. The highest BCUT2D eigenvalue weighted by atomic mass is 16.5. The lowest BCUT2D eigenvalue weighted by atomic mass is 10.2. The first-order valence-electron chi connectivity index (χ1n) is 9.08. The van der Waals surface area contributed by atoms with Crippen LogP contribution in [0.25, 0.3) is 6.08 Å². The molecule has 9 nitrogen and oxygen atoms in total. The van der Waals surface area contributed by atoms with Crippen LogP contribution in [0.5, 0.6) is 5.75 Å². The number of urea groups is 1. The second kappa shape index (κ2) is 8.91. The molecule has 154 valence electrons. The molecule has 1 saturated heterocycles. The van der Waals surface area contributed by atoms with Gasteiger partial charge in [-0.1, -0.05) is 12.1 Å². The summed E-state index contributed by atoms with van der Waals surface area (Å²) < 4.78 is 4.89. The fourth-order valence-corrected chi connectivity index (χ4v) is 2.74. The van der Waals surface area contributed by atoms with Gasteiger partial charge in [0, 0.05) is 5.69 Å². The molecule has 0 aliphatic carbocycles. The molecule has 2 aromatic carbocycles. The van der Waals surface area contributed by atoms with Crippen LogP contribution in [-0.4, -0.2) is 47.0 Å². The summed E-state index contributed by atoms with van der Waals surface area (Å²) in [6, 6.07) is 11.5. The first-order chi connectivity index (χ1) is 14.4. The van der Waals surface area contributed by atoms with Gasteiger partial charge >= 0.3 is 12.0 Å². The van der Waals surface area contributed by atoms with E-state index in [1.54, 1.807) is 19.1 Å². The highest BCUT2D eigenvalue weighted by Gasteiger charge is 2.34. The third kappa shape index (κ3) is 4.82. The van der Waals surface area contributed by atoms with Gasteiger partial charge in [0.05, 0.1) is 12.2 Å². The van der Waals surface area contributed by atoms with Gasteiger partial charge in [-0.3, -0.25) is 9.59 Å². The monoisotopic (exact) mass is 409 g/mol. The average Bonchev–Trinajstić information content (AvgIpc) is 2.96. The molecule has 1 aliphatic rings. The molecule has 1 fully saturated rings. The Balaban J connectivity index is 1.63. The molecule has 1 aliphatic heterocycles. The van der Waals surface area contributed by atoms with E-state index in [-0.39, 0.29) is 18.1 Å². The number of benzene rings is 2. The second-order valence-electron chi connectivity index (χ2n) is 6.32. The molecule has 3 rings (SSSR count). The summed E-state index contributed by atoms with van der Waals surface area (Å²) in [5.41, 5.74) is 1.25. The fraction of sp³-hybridized carbons (Fsp3) is 0.143. The quantitative estimate of drug-likeness (QED) is 0.381. The van der Waals surface area contributed by atoms with Crippen LogP contribution in [-0.2, 0) is 14.3 Å². The number of amides is 4. The van der Waals surface area contributed by atoms with Gasteiger partial charge in [-0.15, -0.1) is 0 Å². The first-order valence-corrected chi connectivity index (χ1v) is 9.08. The Labute approximate surface area is 171 Å². The summed E-state index contributed by atoms with van der Waals surface area (Å²) in [5, 5.41) is 14.5. The number of imide groups is 1. The zero-order chi connectivity index (χ0) is 21.7. The SMILES string of the molecule is CCOC(=O)c1ccc(NC(=O)CN2C(=O)N/C(=C\c3cccc(O)c3)C2=O)cc1. The van der Waals surface area contributed by atoms with Crippen LogP contribution in [0.3, 0.4) is 0 Å². The molecule has 0 aromatic heterocycles. The van der Waals surface area contributed by atoms with Crippen LogP contribution in [0, 0.1) is 0 Å². The van der Waals surface area contributed by atoms with Gasteiger partial charge in [0.15, 0.2) is 0 Å². The summed E-state index contributed by atoms with van der Waals surface area (Å²) in [6.45, 7) is 1.47. The summed E-state index contributed by atoms with van der Waals surface area (Å²) in [7, 11) is 0. The van der Waals surface area contributed by atoms with Crippen LogP contribution in [0.4, 0.5) is 10.5 Å². The maximum atomic E-state index is 12.5. The van der Waals surface area contributed by atoms with Crippen molar-refractivity contribution in [1.82, 2.24) is 10.2 Å². The number of anilines is 1. The number of aromatic hydroxyl groups is 1. The molecular formula is C21H19N3O6. The van der Waals surface area contributed by atoms with Gasteiger partial charge in [0.25, 0.3) is 5.91 Å².